The molecule has 2 aromatic carbocycles. The average molecular weight is 414 g/mol. The molecule has 0 fully saturated rings. The Balaban J connectivity index is 2.43. The molecule has 9 nitrogen and oxygen atoms in total. The smallest absolute Gasteiger partial charge is 0.333 e. The summed E-state index contributed by atoms with van der Waals surface area (Å²) in [5, 5.41) is 20.4. The van der Waals surface area contributed by atoms with Crippen LogP contribution in [0.3, 0.4) is 0 Å². The van der Waals surface area contributed by atoms with Crippen LogP contribution in [0.2, 0.25) is 0 Å². The van der Waals surface area contributed by atoms with Gasteiger partial charge in [-0.2, -0.15) is 0 Å². The van der Waals surface area contributed by atoms with Gasteiger partial charge in [0.15, 0.2) is 23.6 Å². The summed E-state index contributed by atoms with van der Waals surface area (Å²) in [6, 6.07) is 11.2. The van der Waals surface area contributed by atoms with Crippen molar-refractivity contribution in [3.05, 3.63) is 53.6 Å². The molecule has 0 aliphatic rings. The van der Waals surface area contributed by atoms with Gasteiger partial charge in [0.25, 0.3) is 5.91 Å². The number of ether oxygens (including phenoxy) is 2. The standard InChI is InChI=1S/C21H26N4O5/c1-12(2)30-16-9-6-14(10-17(16)29-11-18(22)26)21(3,20(27)28)25-15-7-4-13(5-8-15)19(23)24/h4-10,12,25H,11H2,1-3H3,(H2,22,26)(H3,23,24)(H,27,28). The van der Waals surface area contributed by atoms with Crippen LogP contribution in [-0.2, 0) is 15.1 Å². The number of benzene rings is 2. The summed E-state index contributed by atoms with van der Waals surface area (Å²) in [6.07, 6.45) is -0.157. The van der Waals surface area contributed by atoms with E-state index in [-0.39, 0.29) is 24.3 Å². The van der Waals surface area contributed by atoms with E-state index < -0.39 is 17.4 Å². The summed E-state index contributed by atoms with van der Waals surface area (Å²) in [7, 11) is 0. The number of nitrogen functional groups attached to an aromatic ring is 1. The van der Waals surface area contributed by atoms with Crippen molar-refractivity contribution in [2.45, 2.75) is 32.4 Å². The SMILES string of the molecule is CC(C)Oc1ccc(C(C)(Nc2ccc(C(=N)N)cc2)C(=O)O)cc1OCC(N)=O. The molecule has 1 atom stereocenters. The minimum absolute atomic E-state index is 0.0838. The van der Waals surface area contributed by atoms with E-state index in [0.29, 0.717) is 22.6 Å². The molecule has 0 saturated carbocycles. The largest absolute Gasteiger partial charge is 0.487 e. The summed E-state index contributed by atoms with van der Waals surface area (Å²) < 4.78 is 11.1. The maximum absolute atomic E-state index is 12.2. The monoisotopic (exact) mass is 414 g/mol. The van der Waals surface area contributed by atoms with E-state index in [2.05, 4.69) is 5.32 Å². The molecule has 0 aliphatic carbocycles. The zero-order chi connectivity index (χ0) is 22.5. The highest BCUT2D eigenvalue weighted by atomic mass is 16.5. The average Bonchev–Trinajstić information content (AvgIpc) is 2.66. The highest BCUT2D eigenvalue weighted by molar-refractivity contribution is 5.95. The molecular formula is C21H26N4O5. The lowest BCUT2D eigenvalue weighted by atomic mass is 9.91. The van der Waals surface area contributed by atoms with Crippen LogP contribution in [0.4, 0.5) is 5.69 Å². The number of carboxylic acids is 1. The Morgan fingerprint density at radius 3 is 2.27 bits per heavy atom. The zero-order valence-electron chi connectivity index (χ0n) is 17.1. The summed E-state index contributed by atoms with van der Waals surface area (Å²) in [4.78, 5) is 23.3. The highest BCUT2D eigenvalue weighted by Gasteiger charge is 2.36. The Hall–Kier alpha value is -3.75. The zero-order valence-corrected chi connectivity index (χ0v) is 17.1. The third-order valence-electron chi connectivity index (χ3n) is 4.27. The number of anilines is 1. The minimum Gasteiger partial charge on any atom is -0.487 e. The van der Waals surface area contributed by atoms with Gasteiger partial charge in [0.2, 0.25) is 0 Å². The number of carbonyl (C=O) groups excluding carboxylic acids is 1. The van der Waals surface area contributed by atoms with Crippen LogP contribution < -0.4 is 26.3 Å². The number of primary amides is 1. The molecule has 9 heteroatoms. The van der Waals surface area contributed by atoms with Crippen molar-refractivity contribution in [1.29, 1.82) is 5.41 Å². The predicted octanol–water partition coefficient (Wildman–Crippen LogP) is 2.03. The highest BCUT2D eigenvalue weighted by Crippen LogP contribution is 2.35. The number of carboxylic acid groups (broad SMARTS) is 1. The maximum atomic E-state index is 12.2. The van der Waals surface area contributed by atoms with Crippen molar-refractivity contribution < 1.29 is 24.2 Å². The van der Waals surface area contributed by atoms with Crippen LogP contribution in [0.15, 0.2) is 42.5 Å². The van der Waals surface area contributed by atoms with E-state index >= 15 is 0 Å². The van der Waals surface area contributed by atoms with Crippen LogP contribution in [0, 0.1) is 5.41 Å². The van der Waals surface area contributed by atoms with E-state index in [4.69, 9.17) is 26.4 Å². The van der Waals surface area contributed by atoms with Gasteiger partial charge in [-0.1, -0.05) is 6.07 Å². The second-order valence-electron chi connectivity index (χ2n) is 7.13. The number of carbonyl (C=O) groups is 2. The third-order valence-corrected chi connectivity index (χ3v) is 4.27. The van der Waals surface area contributed by atoms with Gasteiger partial charge in [-0.25, -0.2) is 4.79 Å². The lowest BCUT2D eigenvalue weighted by Crippen LogP contribution is -2.40. The van der Waals surface area contributed by atoms with Gasteiger partial charge < -0.3 is 31.4 Å². The van der Waals surface area contributed by atoms with Crippen LogP contribution in [-0.4, -0.2) is 35.5 Å². The molecule has 0 bridgehead atoms. The van der Waals surface area contributed by atoms with Crippen molar-refractivity contribution >= 4 is 23.4 Å². The number of amides is 1. The fourth-order valence-corrected chi connectivity index (χ4v) is 2.70. The van der Waals surface area contributed by atoms with Crippen molar-refractivity contribution in [2.75, 3.05) is 11.9 Å². The Morgan fingerprint density at radius 2 is 1.77 bits per heavy atom. The Bertz CT molecular complexity index is 943. The van der Waals surface area contributed by atoms with Gasteiger partial charge in [-0.3, -0.25) is 10.2 Å². The molecule has 7 N–H and O–H groups in total. The lowest BCUT2D eigenvalue weighted by Gasteiger charge is -2.29. The quantitative estimate of drug-likeness (QED) is 0.293. The van der Waals surface area contributed by atoms with E-state index in [1.165, 1.54) is 13.0 Å². The molecule has 2 aromatic rings. The Kier molecular flexibility index (Phi) is 6.89. The van der Waals surface area contributed by atoms with Gasteiger partial charge in [0.1, 0.15) is 5.84 Å². The summed E-state index contributed by atoms with van der Waals surface area (Å²) in [5.74, 6) is -1.30. The van der Waals surface area contributed by atoms with E-state index in [9.17, 15) is 14.7 Å². The molecule has 0 aromatic heterocycles. The number of amidine groups is 1. The number of hydrogen-bond acceptors (Lipinski definition) is 6. The molecule has 0 radical (unpaired) electrons. The fraction of sp³-hybridized carbons (Fsp3) is 0.286. The first-order valence-electron chi connectivity index (χ1n) is 9.21. The molecular weight excluding hydrogens is 388 g/mol. The number of rotatable bonds is 10. The van der Waals surface area contributed by atoms with E-state index in [1.54, 1.807) is 36.4 Å². The van der Waals surface area contributed by atoms with Crippen molar-refractivity contribution in [3.8, 4) is 11.5 Å². The molecule has 2 rings (SSSR count). The topological polar surface area (TPSA) is 161 Å². The third kappa shape index (κ3) is 5.40. The second kappa shape index (κ2) is 9.17. The number of nitrogens with one attached hydrogen (secondary N) is 2. The molecule has 30 heavy (non-hydrogen) atoms. The van der Waals surface area contributed by atoms with Gasteiger partial charge >= 0.3 is 5.97 Å². The second-order valence-corrected chi connectivity index (χ2v) is 7.13. The molecule has 0 aliphatic heterocycles. The minimum atomic E-state index is -1.53. The first kappa shape index (κ1) is 22.5. The maximum Gasteiger partial charge on any atom is 0.333 e. The van der Waals surface area contributed by atoms with Crippen LogP contribution in [0.1, 0.15) is 31.9 Å². The molecule has 1 amide bonds. The molecule has 0 saturated heterocycles. The van der Waals surface area contributed by atoms with Crippen molar-refractivity contribution in [2.24, 2.45) is 11.5 Å². The fourth-order valence-electron chi connectivity index (χ4n) is 2.70. The van der Waals surface area contributed by atoms with Gasteiger partial charge in [0, 0.05) is 11.3 Å². The Labute approximate surface area is 174 Å². The Morgan fingerprint density at radius 1 is 1.13 bits per heavy atom. The predicted molar refractivity (Wildman–Crippen MR) is 113 cm³/mol. The summed E-state index contributed by atoms with van der Waals surface area (Å²) in [6.45, 7) is 4.80. The van der Waals surface area contributed by atoms with E-state index in [1.807, 2.05) is 13.8 Å². The summed E-state index contributed by atoms with van der Waals surface area (Å²) >= 11 is 0. The van der Waals surface area contributed by atoms with Crippen LogP contribution >= 0.6 is 0 Å². The normalized spacial score (nSPS) is 12.7. The van der Waals surface area contributed by atoms with Gasteiger partial charge in [0.05, 0.1) is 6.10 Å². The molecule has 1 unspecified atom stereocenters. The van der Waals surface area contributed by atoms with Crippen LogP contribution in [0.25, 0.3) is 0 Å². The van der Waals surface area contributed by atoms with Crippen molar-refractivity contribution in [1.82, 2.24) is 0 Å². The number of aliphatic carboxylic acids is 1. The van der Waals surface area contributed by atoms with Crippen LogP contribution in [0.5, 0.6) is 11.5 Å². The molecule has 0 heterocycles. The first-order valence-corrected chi connectivity index (χ1v) is 9.21. The van der Waals surface area contributed by atoms with Crippen molar-refractivity contribution in [3.63, 3.8) is 0 Å². The van der Waals surface area contributed by atoms with Gasteiger partial charge in [-0.15, -0.1) is 0 Å². The molecule has 0 spiro atoms. The molecule has 160 valence electrons. The number of nitrogens with two attached hydrogens (primary N) is 2. The van der Waals surface area contributed by atoms with Gasteiger partial charge in [-0.05, 0) is 62.7 Å². The lowest BCUT2D eigenvalue weighted by molar-refractivity contribution is -0.142. The number of hydrogen-bond donors (Lipinski definition) is 5. The first-order chi connectivity index (χ1) is 14.0. The van der Waals surface area contributed by atoms with E-state index in [0.717, 1.165) is 0 Å². The summed E-state index contributed by atoms with van der Waals surface area (Å²) in [5.41, 5.74) is 10.5.